The minimum absolute atomic E-state index is 0.242. The van der Waals surface area contributed by atoms with Gasteiger partial charge < -0.3 is 20.3 Å². The van der Waals surface area contributed by atoms with Gasteiger partial charge in [0.2, 0.25) is 5.91 Å². The van der Waals surface area contributed by atoms with E-state index in [1.54, 1.807) is 25.7 Å². The minimum atomic E-state index is -0.920. The van der Waals surface area contributed by atoms with Crippen LogP contribution in [0.3, 0.4) is 0 Å². The fourth-order valence-electron chi connectivity index (χ4n) is 4.57. The summed E-state index contributed by atoms with van der Waals surface area (Å²) in [5.41, 5.74) is 1.67. The lowest BCUT2D eigenvalue weighted by Crippen LogP contribution is -2.56. The molecule has 3 rings (SSSR count). The number of hydrogen-bond acceptors (Lipinski definition) is 4. The first-order chi connectivity index (χ1) is 18.8. The van der Waals surface area contributed by atoms with Crippen LogP contribution in [-0.2, 0) is 14.3 Å². The average Bonchev–Trinajstić information content (AvgIpc) is 2.89. The molecule has 0 saturated heterocycles. The van der Waals surface area contributed by atoms with Crippen LogP contribution in [0.1, 0.15) is 72.1 Å². The summed E-state index contributed by atoms with van der Waals surface area (Å²) in [5, 5.41) is 7.90. The van der Waals surface area contributed by atoms with Gasteiger partial charge in [-0.3, -0.25) is 9.59 Å². The van der Waals surface area contributed by atoms with Crippen LogP contribution in [-0.4, -0.2) is 40.5 Å². The molecule has 0 bridgehead atoms. The Hall–Kier alpha value is -3.87. The number of rotatable bonds is 9. The number of aryl methyl sites for hydroxylation is 1. The van der Waals surface area contributed by atoms with Gasteiger partial charge in [-0.05, 0) is 75.4 Å². The monoisotopic (exact) mass is 545 g/mol. The highest BCUT2D eigenvalue weighted by Gasteiger charge is 2.39. The van der Waals surface area contributed by atoms with Gasteiger partial charge in [0, 0.05) is 11.7 Å². The van der Waals surface area contributed by atoms with Crippen molar-refractivity contribution in [3.05, 3.63) is 77.9 Å². The standard InChI is InChI=1S/C33H43N3O4/c1-9-23(5)36(31(38)28(21(2)3)35-32(39)40-33(6,7)8)29(25-16-14-22(4)15-17-25)30(37)34-27-19-18-24-12-10-11-13-26(24)20-27/h10-21,23,28-29H,9H2,1-8H3,(H,34,37)(H,35,39). The number of nitrogens with one attached hydrogen (secondary N) is 2. The number of fused-ring (bicyclic) bond motifs is 1. The van der Waals surface area contributed by atoms with Gasteiger partial charge in [0.1, 0.15) is 17.7 Å². The molecule has 40 heavy (non-hydrogen) atoms. The topological polar surface area (TPSA) is 87.7 Å². The molecule has 0 aromatic heterocycles. The van der Waals surface area contributed by atoms with Crippen molar-refractivity contribution < 1.29 is 19.1 Å². The molecule has 0 fully saturated rings. The van der Waals surface area contributed by atoms with Crippen molar-refractivity contribution in [2.45, 2.75) is 85.5 Å². The fraction of sp³-hybridized carbons (Fsp3) is 0.424. The van der Waals surface area contributed by atoms with Crippen LogP contribution >= 0.6 is 0 Å². The Morgan fingerprint density at radius 1 is 0.900 bits per heavy atom. The number of carbonyl (C=O) groups excluding carboxylic acids is 3. The third-order valence-electron chi connectivity index (χ3n) is 6.86. The molecule has 3 amide bonds. The number of amides is 3. The maximum atomic E-state index is 14.3. The molecule has 0 saturated carbocycles. The van der Waals surface area contributed by atoms with E-state index in [2.05, 4.69) is 10.6 Å². The lowest BCUT2D eigenvalue weighted by Gasteiger charge is -2.39. The molecule has 0 aliphatic carbocycles. The summed E-state index contributed by atoms with van der Waals surface area (Å²) < 4.78 is 5.45. The molecule has 3 aromatic rings. The molecule has 0 radical (unpaired) electrons. The van der Waals surface area contributed by atoms with Crippen LogP contribution in [0.4, 0.5) is 10.5 Å². The van der Waals surface area contributed by atoms with Crippen LogP contribution in [0.5, 0.6) is 0 Å². The van der Waals surface area contributed by atoms with Crippen molar-refractivity contribution in [2.24, 2.45) is 5.92 Å². The second-order valence-electron chi connectivity index (χ2n) is 11.7. The van der Waals surface area contributed by atoms with Crippen LogP contribution in [0.15, 0.2) is 66.7 Å². The van der Waals surface area contributed by atoms with Gasteiger partial charge in [0.05, 0.1) is 0 Å². The Kier molecular flexibility index (Phi) is 9.96. The van der Waals surface area contributed by atoms with E-state index in [1.807, 2.05) is 101 Å². The molecule has 0 aliphatic rings. The molecular weight excluding hydrogens is 502 g/mol. The number of benzene rings is 3. The number of hydrogen-bond donors (Lipinski definition) is 2. The summed E-state index contributed by atoms with van der Waals surface area (Å²) in [7, 11) is 0. The Bertz CT molecular complexity index is 1330. The zero-order valence-electron chi connectivity index (χ0n) is 24.9. The van der Waals surface area contributed by atoms with Crippen LogP contribution < -0.4 is 10.6 Å². The highest BCUT2D eigenvalue weighted by molar-refractivity contribution is 6.00. The van der Waals surface area contributed by atoms with Crippen molar-refractivity contribution >= 4 is 34.4 Å². The highest BCUT2D eigenvalue weighted by atomic mass is 16.6. The Balaban J connectivity index is 2.03. The zero-order chi connectivity index (χ0) is 29.6. The maximum Gasteiger partial charge on any atom is 0.408 e. The summed E-state index contributed by atoms with van der Waals surface area (Å²) >= 11 is 0. The van der Waals surface area contributed by atoms with Crippen molar-refractivity contribution in [1.29, 1.82) is 0 Å². The van der Waals surface area contributed by atoms with E-state index < -0.39 is 23.8 Å². The number of ether oxygens (including phenoxy) is 1. The van der Waals surface area contributed by atoms with Gasteiger partial charge in [-0.1, -0.05) is 80.9 Å². The van der Waals surface area contributed by atoms with Gasteiger partial charge in [0.25, 0.3) is 5.91 Å². The third-order valence-corrected chi connectivity index (χ3v) is 6.86. The first kappa shape index (κ1) is 30.7. The summed E-state index contributed by atoms with van der Waals surface area (Å²) in [4.78, 5) is 42.7. The second kappa shape index (κ2) is 13.0. The Labute approximate surface area is 238 Å². The van der Waals surface area contributed by atoms with Gasteiger partial charge in [-0.15, -0.1) is 0 Å². The predicted molar refractivity (Wildman–Crippen MR) is 161 cm³/mol. The number of carbonyl (C=O) groups is 3. The summed E-state index contributed by atoms with van der Waals surface area (Å²) in [6.45, 7) is 14.9. The highest BCUT2D eigenvalue weighted by Crippen LogP contribution is 2.29. The summed E-state index contributed by atoms with van der Waals surface area (Å²) in [5.74, 6) is -0.907. The van der Waals surface area contributed by atoms with Gasteiger partial charge in [-0.2, -0.15) is 0 Å². The summed E-state index contributed by atoms with van der Waals surface area (Å²) in [6, 6.07) is 19.2. The molecule has 0 aliphatic heterocycles. The normalized spacial score (nSPS) is 13.8. The first-order valence-corrected chi connectivity index (χ1v) is 14.0. The van der Waals surface area contributed by atoms with Crippen LogP contribution in [0.2, 0.25) is 0 Å². The molecule has 7 nitrogen and oxygen atoms in total. The Morgan fingerprint density at radius 2 is 1.52 bits per heavy atom. The van der Waals surface area contributed by atoms with Gasteiger partial charge in [0.15, 0.2) is 0 Å². The smallest absolute Gasteiger partial charge is 0.408 e. The molecule has 3 unspecified atom stereocenters. The molecule has 7 heteroatoms. The van der Waals surface area contributed by atoms with Gasteiger partial charge >= 0.3 is 6.09 Å². The van der Waals surface area contributed by atoms with Crippen molar-refractivity contribution in [3.63, 3.8) is 0 Å². The molecule has 2 N–H and O–H groups in total. The average molecular weight is 546 g/mol. The zero-order valence-corrected chi connectivity index (χ0v) is 24.9. The van der Waals surface area contributed by atoms with E-state index in [0.717, 1.165) is 16.3 Å². The third kappa shape index (κ3) is 7.84. The van der Waals surface area contributed by atoms with Crippen molar-refractivity contribution in [1.82, 2.24) is 10.2 Å². The first-order valence-electron chi connectivity index (χ1n) is 14.0. The van der Waals surface area contributed by atoms with Crippen LogP contribution in [0, 0.1) is 12.8 Å². The molecule has 214 valence electrons. The number of nitrogens with zero attached hydrogens (tertiary/aromatic N) is 1. The lowest BCUT2D eigenvalue weighted by molar-refractivity contribution is -0.144. The summed E-state index contributed by atoms with van der Waals surface area (Å²) in [6.07, 6.45) is -0.0506. The second-order valence-corrected chi connectivity index (χ2v) is 11.7. The SMILES string of the molecule is CCC(C)N(C(=O)C(NC(=O)OC(C)(C)C)C(C)C)C(C(=O)Nc1ccc2ccccc2c1)c1ccc(C)cc1. The number of alkyl carbamates (subject to hydrolysis) is 1. The Morgan fingerprint density at radius 3 is 2.10 bits per heavy atom. The van der Waals surface area contributed by atoms with E-state index in [-0.39, 0.29) is 23.8 Å². The van der Waals surface area contributed by atoms with E-state index >= 15 is 0 Å². The van der Waals surface area contributed by atoms with Crippen LogP contribution in [0.25, 0.3) is 10.8 Å². The fourth-order valence-corrected chi connectivity index (χ4v) is 4.57. The van der Waals surface area contributed by atoms with Crippen molar-refractivity contribution in [3.8, 4) is 0 Å². The minimum Gasteiger partial charge on any atom is -0.444 e. The van der Waals surface area contributed by atoms with E-state index in [0.29, 0.717) is 17.7 Å². The number of anilines is 1. The quantitative estimate of drug-likeness (QED) is 0.303. The maximum absolute atomic E-state index is 14.3. The largest absolute Gasteiger partial charge is 0.444 e. The molecule has 3 atom stereocenters. The molecular formula is C33H43N3O4. The molecule has 0 spiro atoms. The molecule has 0 heterocycles. The van der Waals surface area contributed by atoms with Gasteiger partial charge in [-0.25, -0.2) is 4.79 Å². The van der Waals surface area contributed by atoms with E-state index in [4.69, 9.17) is 4.74 Å². The van der Waals surface area contributed by atoms with E-state index in [1.165, 1.54) is 0 Å². The lowest BCUT2D eigenvalue weighted by atomic mass is 9.96. The van der Waals surface area contributed by atoms with E-state index in [9.17, 15) is 14.4 Å². The van der Waals surface area contributed by atoms with Crippen molar-refractivity contribution in [2.75, 3.05) is 5.32 Å². The molecule has 3 aromatic carbocycles. The predicted octanol–water partition coefficient (Wildman–Crippen LogP) is 7.00.